The van der Waals surface area contributed by atoms with Gasteiger partial charge in [-0.2, -0.15) is 5.10 Å². The number of fused-ring (bicyclic) bond motifs is 3. The third kappa shape index (κ3) is 4.22. The van der Waals surface area contributed by atoms with Crippen molar-refractivity contribution in [2.45, 2.75) is 13.0 Å². The van der Waals surface area contributed by atoms with Gasteiger partial charge in [-0.25, -0.2) is 5.43 Å². The highest BCUT2D eigenvalue weighted by atomic mass is 127. The minimum absolute atomic E-state index is 0.0989. The second-order valence-electron chi connectivity index (χ2n) is 6.43. The van der Waals surface area contributed by atoms with Crippen molar-refractivity contribution in [1.29, 1.82) is 0 Å². The van der Waals surface area contributed by atoms with Crippen LogP contribution in [0.2, 0.25) is 0 Å². The summed E-state index contributed by atoms with van der Waals surface area (Å²) in [5.74, 6) is -0.0989. The second kappa shape index (κ2) is 8.60. The Morgan fingerprint density at radius 2 is 1.54 bits per heavy atom. The van der Waals surface area contributed by atoms with E-state index in [1.807, 2.05) is 30.3 Å². The predicted molar refractivity (Wildman–Crippen MR) is 132 cm³/mol. The Bertz CT molecular complexity index is 1120. The highest BCUT2D eigenvalue weighted by molar-refractivity contribution is 14.1. The zero-order valence-electron chi connectivity index (χ0n) is 14.9. The molecule has 4 nitrogen and oxygen atoms in total. The minimum Gasteiger partial charge on any atom is -0.340 e. The van der Waals surface area contributed by atoms with Gasteiger partial charge in [0.2, 0.25) is 5.91 Å². The van der Waals surface area contributed by atoms with E-state index in [0.29, 0.717) is 13.0 Å². The van der Waals surface area contributed by atoms with Gasteiger partial charge in [0.05, 0.1) is 6.21 Å². The van der Waals surface area contributed by atoms with Crippen LogP contribution in [0.4, 0.5) is 0 Å². The van der Waals surface area contributed by atoms with E-state index >= 15 is 0 Å². The van der Waals surface area contributed by atoms with Crippen LogP contribution in [0.15, 0.2) is 71.8 Å². The maximum atomic E-state index is 12.3. The molecule has 0 unspecified atom stereocenters. The van der Waals surface area contributed by atoms with Crippen LogP contribution in [0.5, 0.6) is 0 Å². The van der Waals surface area contributed by atoms with Crippen molar-refractivity contribution >= 4 is 79.1 Å². The van der Waals surface area contributed by atoms with E-state index < -0.39 is 0 Å². The Hall–Kier alpha value is -1.94. The number of carbonyl (C=O) groups is 1. The average molecular weight is 593 g/mol. The number of aryl methyl sites for hydroxylation is 1. The van der Waals surface area contributed by atoms with Gasteiger partial charge >= 0.3 is 0 Å². The largest absolute Gasteiger partial charge is 0.340 e. The highest BCUT2D eigenvalue weighted by Gasteiger charge is 2.12. The van der Waals surface area contributed by atoms with Gasteiger partial charge in [-0.05, 0) is 87.1 Å². The SMILES string of the molecule is O=C(CCn1c2ccc(I)cc2c2cc(I)ccc21)N/N=C/c1ccccc1. The lowest BCUT2D eigenvalue weighted by molar-refractivity contribution is -0.121. The van der Waals surface area contributed by atoms with E-state index in [1.54, 1.807) is 6.21 Å². The molecule has 4 rings (SSSR count). The summed E-state index contributed by atoms with van der Waals surface area (Å²) in [6.45, 7) is 0.605. The number of rotatable bonds is 5. The molecule has 6 heteroatoms. The van der Waals surface area contributed by atoms with Gasteiger partial charge in [-0.15, -0.1) is 0 Å². The van der Waals surface area contributed by atoms with Crippen LogP contribution in [0.25, 0.3) is 21.8 Å². The summed E-state index contributed by atoms with van der Waals surface area (Å²) >= 11 is 4.68. The Morgan fingerprint density at radius 1 is 0.929 bits per heavy atom. The summed E-state index contributed by atoms with van der Waals surface area (Å²) in [4.78, 5) is 12.3. The molecule has 0 bridgehead atoms. The van der Waals surface area contributed by atoms with Crippen LogP contribution < -0.4 is 5.43 Å². The Balaban J connectivity index is 1.54. The number of nitrogens with zero attached hydrogens (tertiary/aromatic N) is 2. The van der Waals surface area contributed by atoms with Crippen LogP contribution >= 0.6 is 45.2 Å². The van der Waals surface area contributed by atoms with Crippen molar-refractivity contribution < 1.29 is 4.79 Å². The van der Waals surface area contributed by atoms with E-state index in [-0.39, 0.29) is 5.91 Å². The fourth-order valence-corrected chi connectivity index (χ4v) is 4.26. The molecule has 28 heavy (non-hydrogen) atoms. The molecule has 0 saturated heterocycles. The number of hydrazone groups is 1. The molecule has 3 aromatic carbocycles. The fourth-order valence-electron chi connectivity index (χ4n) is 3.28. The summed E-state index contributed by atoms with van der Waals surface area (Å²) < 4.78 is 4.63. The number of hydrogen-bond donors (Lipinski definition) is 1. The topological polar surface area (TPSA) is 46.4 Å². The number of carbonyl (C=O) groups excluding carboxylic acids is 1. The Morgan fingerprint density at radius 3 is 2.14 bits per heavy atom. The number of hydrogen-bond acceptors (Lipinski definition) is 2. The smallest absolute Gasteiger partial charge is 0.241 e. The molecule has 140 valence electrons. The number of nitrogens with one attached hydrogen (secondary N) is 1. The maximum Gasteiger partial charge on any atom is 0.241 e. The standard InChI is InChI=1S/C22H17I2N3O/c23-16-6-8-20-18(12-16)19-13-17(24)7-9-21(19)27(20)11-10-22(28)26-25-14-15-4-2-1-3-5-15/h1-9,12-14H,10-11H2,(H,26,28)/b25-14+. The molecule has 0 aliphatic heterocycles. The van der Waals surface area contributed by atoms with Gasteiger partial charge in [0.1, 0.15) is 0 Å². The summed E-state index contributed by atoms with van der Waals surface area (Å²) in [5.41, 5.74) is 5.88. The van der Waals surface area contributed by atoms with Crippen molar-refractivity contribution in [1.82, 2.24) is 9.99 Å². The van der Waals surface area contributed by atoms with Crippen LogP contribution in [0.1, 0.15) is 12.0 Å². The Kier molecular flexibility index (Phi) is 5.96. The molecule has 4 aromatic rings. The van der Waals surface area contributed by atoms with E-state index in [2.05, 4.69) is 96.7 Å². The summed E-state index contributed by atoms with van der Waals surface area (Å²) in [7, 11) is 0. The Labute approximate surface area is 190 Å². The molecule has 0 fully saturated rings. The highest BCUT2D eigenvalue weighted by Crippen LogP contribution is 2.31. The maximum absolute atomic E-state index is 12.3. The second-order valence-corrected chi connectivity index (χ2v) is 8.92. The van der Waals surface area contributed by atoms with Crippen LogP contribution in [0, 0.1) is 7.14 Å². The quantitative estimate of drug-likeness (QED) is 0.185. The lowest BCUT2D eigenvalue weighted by atomic mass is 10.2. The van der Waals surface area contributed by atoms with Crippen LogP contribution in [-0.4, -0.2) is 16.7 Å². The molecular weight excluding hydrogens is 576 g/mol. The monoisotopic (exact) mass is 593 g/mol. The van der Waals surface area contributed by atoms with Gasteiger partial charge in [0.25, 0.3) is 0 Å². The summed E-state index contributed by atoms with van der Waals surface area (Å²) in [6.07, 6.45) is 2.02. The summed E-state index contributed by atoms with van der Waals surface area (Å²) in [6, 6.07) is 22.6. The average Bonchev–Trinajstić information content (AvgIpc) is 2.99. The third-order valence-corrected chi connectivity index (χ3v) is 5.90. The van der Waals surface area contributed by atoms with Gasteiger partial charge in [-0.1, -0.05) is 30.3 Å². The van der Waals surface area contributed by atoms with Gasteiger partial charge in [0, 0.05) is 41.9 Å². The molecule has 1 N–H and O–H groups in total. The number of amides is 1. The van der Waals surface area contributed by atoms with Gasteiger partial charge in [-0.3, -0.25) is 4.79 Å². The third-order valence-electron chi connectivity index (χ3n) is 4.55. The molecule has 1 aromatic heterocycles. The first-order valence-electron chi connectivity index (χ1n) is 8.86. The van der Waals surface area contributed by atoms with E-state index in [9.17, 15) is 4.79 Å². The molecule has 1 heterocycles. The number of halogens is 2. The first-order valence-corrected chi connectivity index (χ1v) is 11.0. The molecular formula is C22H17I2N3O. The molecule has 0 aliphatic carbocycles. The van der Waals surface area contributed by atoms with Crippen molar-refractivity contribution in [3.05, 3.63) is 79.4 Å². The first-order chi connectivity index (χ1) is 13.6. The molecule has 0 radical (unpaired) electrons. The summed E-state index contributed by atoms with van der Waals surface area (Å²) in [5, 5.41) is 6.50. The molecule has 0 atom stereocenters. The zero-order chi connectivity index (χ0) is 19.5. The normalized spacial score (nSPS) is 11.5. The molecule has 0 aliphatic rings. The van der Waals surface area contributed by atoms with Gasteiger partial charge < -0.3 is 4.57 Å². The zero-order valence-corrected chi connectivity index (χ0v) is 19.2. The van der Waals surface area contributed by atoms with E-state index in [1.165, 1.54) is 17.9 Å². The van der Waals surface area contributed by atoms with Crippen molar-refractivity contribution in [3.8, 4) is 0 Å². The van der Waals surface area contributed by atoms with E-state index in [4.69, 9.17) is 0 Å². The van der Waals surface area contributed by atoms with Crippen molar-refractivity contribution in [2.24, 2.45) is 5.10 Å². The number of aromatic nitrogens is 1. The van der Waals surface area contributed by atoms with Gasteiger partial charge in [0.15, 0.2) is 0 Å². The van der Waals surface area contributed by atoms with Crippen molar-refractivity contribution in [3.63, 3.8) is 0 Å². The van der Waals surface area contributed by atoms with Crippen LogP contribution in [0.3, 0.4) is 0 Å². The molecule has 0 saturated carbocycles. The lowest BCUT2D eigenvalue weighted by Gasteiger charge is -2.07. The van der Waals surface area contributed by atoms with Crippen LogP contribution in [-0.2, 0) is 11.3 Å². The fraction of sp³-hybridized carbons (Fsp3) is 0.0909. The lowest BCUT2D eigenvalue weighted by Crippen LogP contribution is -2.19. The first kappa shape index (κ1) is 19.4. The number of benzene rings is 3. The minimum atomic E-state index is -0.0989. The molecule has 0 spiro atoms. The molecule has 1 amide bonds. The predicted octanol–water partition coefficient (Wildman–Crippen LogP) is 5.54. The van der Waals surface area contributed by atoms with E-state index in [0.717, 1.165) is 16.6 Å². The van der Waals surface area contributed by atoms with Crippen molar-refractivity contribution in [2.75, 3.05) is 0 Å².